The molecule has 7 nitrogen and oxygen atoms in total. The quantitative estimate of drug-likeness (QED) is 0.851. The standard InChI is InChI=1S/C18H23N5O2S/c1-5-14-22-13(9-25-14)15(24)21-12-6-11(7-20-8-12)18(4)10-17(2,3)26-16(19)23-18/h6-9H,5,10H2,1-4H3,(H2,19,23)(H,21,24)/t18-/m0/s1. The number of pyridine rings is 1. The van der Waals surface area contributed by atoms with E-state index >= 15 is 0 Å². The van der Waals surface area contributed by atoms with Crippen molar-refractivity contribution < 1.29 is 9.21 Å². The van der Waals surface area contributed by atoms with Gasteiger partial charge in [0.15, 0.2) is 16.8 Å². The van der Waals surface area contributed by atoms with Gasteiger partial charge in [-0.15, -0.1) is 0 Å². The smallest absolute Gasteiger partial charge is 0.277 e. The number of nitrogens with zero attached hydrogens (tertiary/aromatic N) is 3. The van der Waals surface area contributed by atoms with Gasteiger partial charge in [0, 0.05) is 17.4 Å². The molecule has 3 heterocycles. The first-order valence-electron chi connectivity index (χ1n) is 8.46. The first-order valence-corrected chi connectivity index (χ1v) is 9.28. The van der Waals surface area contributed by atoms with Gasteiger partial charge >= 0.3 is 0 Å². The van der Waals surface area contributed by atoms with Gasteiger partial charge in [-0.05, 0) is 25.0 Å². The highest BCUT2D eigenvalue weighted by Gasteiger charge is 2.39. The second-order valence-electron chi connectivity index (χ2n) is 7.16. The van der Waals surface area contributed by atoms with Crippen molar-refractivity contribution in [2.24, 2.45) is 10.7 Å². The molecule has 0 unspecified atom stereocenters. The fourth-order valence-corrected chi connectivity index (χ4v) is 4.36. The number of carbonyl (C=O) groups excluding carboxylic acids is 1. The van der Waals surface area contributed by atoms with Crippen LogP contribution in [-0.2, 0) is 12.0 Å². The SMILES string of the molecule is CCc1nc(C(=O)Nc2cncc([C@]3(C)CC(C)(C)SC(N)=N3)c2)co1. The Morgan fingerprint density at radius 3 is 2.81 bits per heavy atom. The minimum absolute atomic E-state index is 0.0307. The van der Waals surface area contributed by atoms with E-state index in [1.54, 1.807) is 24.2 Å². The van der Waals surface area contributed by atoms with Gasteiger partial charge in [-0.2, -0.15) is 0 Å². The molecule has 3 N–H and O–H groups in total. The Hall–Kier alpha value is -2.35. The summed E-state index contributed by atoms with van der Waals surface area (Å²) in [6.07, 6.45) is 6.17. The topological polar surface area (TPSA) is 106 Å². The number of carbonyl (C=O) groups is 1. The van der Waals surface area contributed by atoms with Crippen molar-refractivity contribution in [3.63, 3.8) is 0 Å². The lowest BCUT2D eigenvalue weighted by molar-refractivity contribution is 0.102. The Morgan fingerprint density at radius 1 is 1.38 bits per heavy atom. The number of nitrogens with two attached hydrogens (primary N) is 1. The normalized spacial score (nSPS) is 21.9. The maximum Gasteiger partial charge on any atom is 0.277 e. The van der Waals surface area contributed by atoms with E-state index in [0.29, 0.717) is 23.2 Å². The van der Waals surface area contributed by atoms with Crippen LogP contribution < -0.4 is 11.1 Å². The lowest BCUT2D eigenvalue weighted by Gasteiger charge is -2.39. The zero-order valence-electron chi connectivity index (χ0n) is 15.4. The van der Waals surface area contributed by atoms with Crippen LogP contribution in [0.1, 0.15) is 56.1 Å². The number of aliphatic imine (C=N–C) groups is 1. The van der Waals surface area contributed by atoms with E-state index in [4.69, 9.17) is 10.2 Å². The number of aryl methyl sites for hydroxylation is 1. The zero-order valence-corrected chi connectivity index (χ0v) is 16.2. The molecule has 1 atom stereocenters. The van der Waals surface area contributed by atoms with Crippen LogP contribution in [0.5, 0.6) is 0 Å². The van der Waals surface area contributed by atoms with Gasteiger partial charge in [0.05, 0.1) is 17.4 Å². The molecule has 0 aliphatic carbocycles. The summed E-state index contributed by atoms with van der Waals surface area (Å²) in [5, 5.41) is 3.38. The molecule has 1 aliphatic rings. The third-order valence-electron chi connectivity index (χ3n) is 4.21. The third kappa shape index (κ3) is 3.90. The molecule has 0 bridgehead atoms. The maximum absolute atomic E-state index is 12.4. The number of thioether (sulfide) groups is 1. The van der Waals surface area contributed by atoms with Crippen molar-refractivity contribution in [2.75, 3.05) is 5.32 Å². The summed E-state index contributed by atoms with van der Waals surface area (Å²) in [5.74, 6) is 0.196. The number of hydrogen-bond donors (Lipinski definition) is 2. The molecule has 26 heavy (non-hydrogen) atoms. The summed E-state index contributed by atoms with van der Waals surface area (Å²) in [6, 6.07) is 1.88. The number of amidine groups is 1. The number of hydrogen-bond acceptors (Lipinski definition) is 7. The second-order valence-corrected chi connectivity index (χ2v) is 8.89. The van der Waals surface area contributed by atoms with Crippen LogP contribution in [0.2, 0.25) is 0 Å². The number of oxazole rings is 1. The first-order chi connectivity index (χ1) is 12.2. The van der Waals surface area contributed by atoms with Gasteiger partial charge in [0.25, 0.3) is 5.91 Å². The Kier molecular flexibility index (Phi) is 4.79. The Balaban J connectivity index is 1.84. The fraction of sp³-hybridized carbons (Fsp3) is 0.444. The van der Waals surface area contributed by atoms with Gasteiger partial charge in [-0.3, -0.25) is 14.8 Å². The lowest BCUT2D eigenvalue weighted by Crippen LogP contribution is -2.38. The number of nitrogens with one attached hydrogen (secondary N) is 1. The molecule has 138 valence electrons. The van der Waals surface area contributed by atoms with Gasteiger partial charge in [-0.1, -0.05) is 32.5 Å². The molecule has 8 heteroatoms. The first kappa shape index (κ1) is 18.4. The molecule has 0 saturated heterocycles. The largest absolute Gasteiger partial charge is 0.448 e. The van der Waals surface area contributed by atoms with Crippen molar-refractivity contribution in [2.45, 2.75) is 50.8 Å². The van der Waals surface area contributed by atoms with E-state index in [2.05, 4.69) is 34.1 Å². The highest BCUT2D eigenvalue weighted by molar-refractivity contribution is 8.15. The van der Waals surface area contributed by atoms with Gasteiger partial charge in [-0.25, -0.2) is 4.98 Å². The van der Waals surface area contributed by atoms with Gasteiger partial charge < -0.3 is 15.5 Å². The van der Waals surface area contributed by atoms with Crippen molar-refractivity contribution >= 4 is 28.5 Å². The van der Waals surface area contributed by atoms with Crippen LogP contribution in [0, 0.1) is 0 Å². The fourth-order valence-electron chi connectivity index (χ4n) is 3.20. The average Bonchev–Trinajstić information content (AvgIpc) is 3.02. The van der Waals surface area contributed by atoms with Crippen LogP contribution in [0.25, 0.3) is 0 Å². The number of anilines is 1. The highest BCUT2D eigenvalue weighted by Crippen LogP contribution is 2.44. The molecule has 0 fully saturated rings. The zero-order chi connectivity index (χ0) is 18.9. The van der Waals surface area contributed by atoms with Crippen molar-refractivity contribution in [3.05, 3.63) is 41.9 Å². The minimum atomic E-state index is -0.490. The van der Waals surface area contributed by atoms with E-state index < -0.39 is 5.54 Å². The molecule has 0 spiro atoms. The van der Waals surface area contributed by atoms with E-state index in [9.17, 15) is 4.79 Å². The summed E-state index contributed by atoms with van der Waals surface area (Å²) < 4.78 is 5.19. The third-order valence-corrected chi connectivity index (χ3v) is 5.21. The molecule has 1 amide bonds. The van der Waals surface area contributed by atoms with Crippen LogP contribution in [-0.4, -0.2) is 25.8 Å². The number of rotatable bonds is 4. The molecular weight excluding hydrogens is 350 g/mol. The summed E-state index contributed by atoms with van der Waals surface area (Å²) in [4.78, 5) is 25.4. The van der Waals surface area contributed by atoms with Crippen LogP contribution in [0.4, 0.5) is 5.69 Å². The molecule has 2 aromatic rings. The predicted molar refractivity (Wildman–Crippen MR) is 103 cm³/mol. The predicted octanol–water partition coefficient (Wildman–Crippen LogP) is 3.33. The monoisotopic (exact) mass is 373 g/mol. The second kappa shape index (κ2) is 6.75. The molecular formula is C18H23N5O2S. The van der Waals surface area contributed by atoms with Crippen LogP contribution in [0.15, 0.2) is 34.1 Å². The summed E-state index contributed by atoms with van der Waals surface area (Å²) >= 11 is 1.58. The lowest BCUT2D eigenvalue weighted by atomic mass is 9.84. The van der Waals surface area contributed by atoms with E-state index in [1.807, 2.05) is 19.9 Å². The molecule has 1 aliphatic heterocycles. The van der Waals surface area contributed by atoms with Gasteiger partial charge in [0.1, 0.15) is 6.26 Å². The van der Waals surface area contributed by atoms with Crippen molar-refractivity contribution in [1.29, 1.82) is 0 Å². The van der Waals surface area contributed by atoms with E-state index in [0.717, 1.165) is 12.0 Å². The molecule has 0 radical (unpaired) electrons. The van der Waals surface area contributed by atoms with E-state index in [-0.39, 0.29) is 16.3 Å². The average molecular weight is 373 g/mol. The maximum atomic E-state index is 12.4. The van der Waals surface area contributed by atoms with Crippen LogP contribution in [0.3, 0.4) is 0 Å². The number of amides is 1. The summed E-state index contributed by atoms with van der Waals surface area (Å²) in [5.41, 5.74) is 7.28. The Labute approximate surface area is 156 Å². The summed E-state index contributed by atoms with van der Waals surface area (Å²) in [6.45, 7) is 8.24. The van der Waals surface area contributed by atoms with Gasteiger partial charge in [0.2, 0.25) is 0 Å². The molecule has 0 aromatic carbocycles. The van der Waals surface area contributed by atoms with Crippen molar-refractivity contribution in [1.82, 2.24) is 9.97 Å². The number of aromatic nitrogens is 2. The molecule has 0 saturated carbocycles. The van der Waals surface area contributed by atoms with E-state index in [1.165, 1.54) is 6.26 Å². The minimum Gasteiger partial charge on any atom is -0.448 e. The Morgan fingerprint density at radius 2 is 2.15 bits per heavy atom. The summed E-state index contributed by atoms with van der Waals surface area (Å²) in [7, 11) is 0. The van der Waals surface area contributed by atoms with Crippen LogP contribution >= 0.6 is 11.8 Å². The molecule has 2 aromatic heterocycles. The van der Waals surface area contributed by atoms with Crippen molar-refractivity contribution in [3.8, 4) is 0 Å². The molecule has 3 rings (SSSR count). The Bertz CT molecular complexity index is 861. The highest BCUT2D eigenvalue weighted by atomic mass is 32.2.